The Morgan fingerprint density at radius 1 is 1.41 bits per heavy atom. The van der Waals surface area contributed by atoms with Gasteiger partial charge in [0, 0.05) is 30.1 Å². The molecule has 1 aliphatic carbocycles. The molecule has 1 amide bonds. The van der Waals surface area contributed by atoms with Gasteiger partial charge in [0.25, 0.3) is 0 Å². The van der Waals surface area contributed by atoms with Crippen LogP contribution in [0.5, 0.6) is 0 Å². The highest BCUT2D eigenvalue weighted by molar-refractivity contribution is 6.30. The molecule has 2 N–H and O–H groups in total. The third-order valence-electron chi connectivity index (χ3n) is 5.01. The van der Waals surface area contributed by atoms with E-state index in [0.717, 1.165) is 31.0 Å². The van der Waals surface area contributed by atoms with Crippen LogP contribution in [0.2, 0.25) is 5.02 Å². The summed E-state index contributed by atoms with van der Waals surface area (Å²) in [6.07, 6.45) is 1.84. The molecule has 1 aliphatic heterocycles. The van der Waals surface area contributed by atoms with Gasteiger partial charge in [0.15, 0.2) is 0 Å². The lowest BCUT2D eigenvalue weighted by Crippen LogP contribution is -2.54. The van der Waals surface area contributed by atoms with Crippen molar-refractivity contribution in [2.45, 2.75) is 38.6 Å². The minimum absolute atomic E-state index is 0. The van der Waals surface area contributed by atoms with Gasteiger partial charge in [0.2, 0.25) is 5.91 Å². The van der Waals surface area contributed by atoms with Crippen LogP contribution in [-0.2, 0) is 4.79 Å². The number of hydrogen-bond acceptors (Lipinski definition) is 2. The molecule has 3 nitrogen and oxygen atoms in total. The molecule has 0 spiro atoms. The maximum absolute atomic E-state index is 12.7. The van der Waals surface area contributed by atoms with Gasteiger partial charge in [-0.3, -0.25) is 4.79 Å². The second-order valence-corrected chi connectivity index (χ2v) is 7.58. The molecule has 5 heteroatoms. The molecule has 0 bridgehead atoms. The van der Waals surface area contributed by atoms with Crippen molar-refractivity contribution in [3.8, 4) is 0 Å². The number of hydrogen-bond donors (Lipinski definition) is 1. The molecule has 1 heterocycles. The van der Waals surface area contributed by atoms with E-state index in [1.54, 1.807) is 0 Å². The van der Waals surface area contributed by atoms with Crippen LogP contribution < -0.4 is 5.73 Å². The Labute approximate surface area is 143 Å². The quantitative estimate of drug-likeness (QED) is 0.894. The topological polar surface area (TPSA) is 46.3 Å². The molecule has 1 saturated carbocycles. The molecule has 3 rings (SSSR count). The molecule has 2 aliphatic rings. The monoisotopic (exact) mass is 342 g/mol. The zero-order valence-electron chi connectivity index (χ0n) is 13.1. The highest BCUT2D eigenvalue weighted by Gasteiger charge is 2.47. The Bertz CT molecular complexity index is 561. The van der Waals surface area contributed by atoms with Crippen LogP contribution in [0, 0.1) is 11.3 Å². The molecule has 0 aromatic heterocycles. The predicted molar refractivity (Wildman–Crippen MR) is 92.5 cm³/mol. The number of carbonyl (C=O) groups is 1. The summed E-state index contributed by atoms with van der Waals surface area (Å²) in [7, 11) is 0. The molecule has 122 valence electrons. The van der Waals surface area contributed by atoms with Gasteiger partial charge in [-0.1, -0.05) is 37.6 Å². The minimum Gasteiger partial charge on any atom is -0.342 e. The summed E-state index contributed by atoms with van der Waals surface area (Å²) in [5, 5.41) is 0.746. The van der Waals surface area contributed by atoms with Crippen LogP contribution in [0.15, 0.2) is 24.3 Å². The Kier molecular flexibility index (Phi) is 5.10. The number of benzene rings is 1. The van der Waals surface area contributed by atoms with E-state index in [4.69, 9.17) is 17.3 Å². The average molecular weight is 343 g/mol. The molecule has 3 unspecified atom stereocenters. The average Bonchev–Trinajstić information content (AvgIpc) is 3.21. The third-order valence-corrected chi connectivity index (χ3v) is 5.24. The van der Waals surface area contributed by atoms with Crippen molar-refractivity contribution in [1.82, 2.24) is 4.90 Å². The number of likely N-dealkylation sites (tertiary alicyclic amines) is 1. The maximum Gasteiger partial charge on any atom is 0.226 e. The lowest BCUT2D eigenvalue weighted by Gasteiger charge is -2.42. The highest BCUT2D eigenvalue weighted by Crippen LogP contribution is 2.49. The third kappa shape index (κ3) is 3.42. The molecule has 0 radical (unpaired) electrons. The number of halogens is 2. The number of amides is 1. The molecule has 3 atom stereocenters. The summed E-state index contributed by atoms with van der Waals surface area (Å²) in [6, 6.07) is 8.07. The van der Waals surface area contributed by atoms with E-state index in [9.17, 15) is 4.79 Å². The van der Waals surface area contributed by atoms with Gasteiger partial charge in [0.1, 0.15) is 0 Å². The molecular formula is C17H24Cl2N2O. The zero-order chi connectivity index (χ0) is 15.2. The van der Waals surface area contributed by atoms with E-state index in [0.29, 0.717) is 11.8 Å². The Balaban J connectivity index is 0.00000176. The van der Waals surface area contributed by atoms with E-state index in [-0.39, 0.29) is 29.8 Å². The van der Waals surface area contributed by atoms with Crippen molar-refractivity contribution in [3.63, 3.8) is 0 Å². The van der Waals surface area contributed by atoms with E-state index in [1.165, 1.54) is 5.56 Å². The van der Waals surface area contributed by atoms with Crippen LogP contribution in [0.1, 0.15) is 38.2 Å². The Hall–Kier alpha value is -0.770. The first-order chi connectivity index (χ1) is 9.88. The van der Waals surface area contributed by atoms with E-state index in [2.05, 4.69) is 19.9 Å². The molecular weight excluding hydrogens is 319 g/mol. The van der Waals surface area contributed by atoms with E-state index in [1.807, 2.05) is 23.1 Å². The smallest absolute Gasteiger partial charge is 0.226 e. The second-order valence-electron chi connectivity index (χ2n) is 7.15. The van der Waals surface area contributed by atoms with Crippen molar-refractivity contribution < 1.29 is 4.79 Å². The Morgan fingerprint density at radius 3 is 2.77 bits per heavy atom. The van der Waals surface area contributed by atoms with Crippen molar-refractivity contribution in [3.05, 3.63) is 34.9 Å². The first-order valence-corrected chi connectivity index (χ1v) is 8.06. The van der Waals surface area contributed by atoms with Gasteiger partial charge in [-0.25, -0.2) is 0 Å². The fourth-order valence-corrected chi connectivity index (χ4v) is 3.57. The second kappa shape index (κ2) is 6.38. The molecule has 1 saturated heterocycles. The standard InChI is InChI=1S/C17H23ClN2O.ClH/c1-17(2)10-20(7-6-15(17)19)16(21)14-9-13(14)11-4-3-5-12(18)8-11;/h3-5,8,13-15H,6-7,9-10,19H2,1-2H3;1H. The van der Waals surface area contributed by atoms with Crippen LogP contribution in [-0.4, -0.2) is 29.9 Å². The fourth-order valence-electron chi connectivity index (χ4n) is 3.37. The van der Waals surface area contributed by atoms with Gasteiger partial charge in [-0.15, -0.1) is 12.4 Å². The first-order valence-electron chi connectivity index (χ1n) is 7.68. The molecule has 22 heavy (non-hydrogen) atoms. The Morgan fingerprint density at radius 2 is 2.14 bits per heavy atom. The minimum atomic E-state index is 0. The lowest BCUT2D eigenvalue weighted by atomic mass is 9.79. The number of piperidine rings is 1. The van der Waals surface area contributed by atoms with E-state index < -0.39 is 0 Å². The summed E-state index contributed by atoms with van der Waals surface area (Å²) < 4.78 is 0. The van der Waals surface area contributed by atoms with Gasteiger partial charge in [-0.05, 0) is 41.9 Å². The van der Waals surface area contributed by atoms with Gasteiger partial charge in [-0.2, -0.15) is 0 Å². The number of nitrogens with zero attached hydrogens (tertiary/aromatic N) is 1. The summed E-state index contributed by atoms with van der Waals surface area (Å²) in [6.45, 7) is 5.87. The van der Waals surface area contributed by atoms with Crippen LogP contribution in [0.3, 0.4) is 0 Å². The number of rotatable bonds is 2. The fraction of sp³-hybridized carbons (Fsp3) is 0.588. The lowest BCUT2D eigenvalue weighted by molar-refractivity contribution is -0.136. The van der Waals surface area contributed by atoms with Crippen LogP contribution in [0.25, 0.3) is 0 Å². The summed E-state index contributed by atoms with van der Waals surface area (Å²) in [4.78, 5) is 14.7. The zero-order valence-corrected chi connectivity index (χ0v) is 14.7. The van der Waals surface area contributed by atoms with Crippen molar-refractivity contribution in [1.29, 1.82) is 0 Å². The SMILES string of the molecule is CC1(C)CN(C(=O)C2CC2c2cccc(Cl)c2)CCC1N.Cl. The van der Waals surface area contributed by atoms with Crippen molar-refractivity contribution in [2.24, 2.45) is 17.1 Å². The van der Waals surface area contributed by atoms with Crippen LogP contribution in [0.4, 0.5) is 0 Å². The first kappa shape index (κ1) is 17.6. The van der Waals surface area contributed by atoms with Crippen molar-refractivity contribution in [2.75, 3.05) is 13.1 Å². The number of carbonyl (C=O) groups excluding carboxylic acids is 1. The van der Waals surface area contributed by atoms with Gasteiger partial charge < -0.3 is 10.6 Å². The maximum atomic E-state index is 12.7. The van der Waals surface area contributed by atoms with Crippen molar-refractivity contribution >= 4 is 29.9 Å². The summed E-state index contributed by atoms with van der Waals surface area (Å²) in [5.74, 6) is 0.767. The van der Waals surface area contributed by atoms with Gasteiger partial charge >= 0.3 is 0 Å². The predicted octanol–water partition coefficient (Wildman–Crippen LogP) is 3.45. The summed E-state index contributed by atoms with van der Waals surface area (Å²) in [5.41, 5.74) is 7.35. The molecule has 2 fully saturated rings. The highest BCUT2D eigenvalue weighted by atomic mass is 35.5. The molecule has 1 aromatic carbocycles. The molecule has 1 aromatic rings. The normalized spacial score (nSPS) is 29.6. The number of nitrogens with two attached hydrogens (primary N) is 1. The largest absolute Gasteiger partial charge is 0.342 e. The van der Waals surface area contributed by atoms with Gasteiger partial charge in [0.05, 0.1) is 0 Å². The summed E-state index contributed by atoms with van der Waals surface area (Å²) >= 11 is 6.04. The van der Waals surface area contributed by atoms with E-state index >= 15 is 0 Å². The van der Waals surface area contributed by atoms with Crippen LogP contribution >= 0.6 is 24.0 Å².